The molecule has 530 valence electrons. The maximum Gasteiger partial charge on any atom is 0.338 e. The summed E-state index contributed by atoms with van der Waals surface area (Å²) in [4.78, 5) is 94.2. The molecular weight excluding hydrogens is 1320 g/mol. The van der Waals surface area contributed by atoms with Gasteiger partial charge in [-0.25, -0.2) is 38.4 Å². The van der Waals surface area contributed by atoms with E-state index in [-0.39, 0.29) is 109 Å². The lowest BCUT2D eigenvalue weighted by Gasteiger charge is -2.17. The normalized spacial score (nSPS) is 22.9. The van der Waals surface area contributed by atoms with Crippen molar-refractivity contribution < 1.29 is 135 Å². The molecule has 12 atom stereocenters. The largest absolute Gasteiger partial charge is 0.490 e. The van der Waals surface area contributed by atoms with Crippen LogP contribution in [0.1, 0.15) is 70.7 Å². The summed E-state index contributed by atoms with van der Waals surface area (Å²) < 4.78 is 79.6. The van der Waals surface area contributed by atoms with Gasteiger partial charge < -0.3 is 96.6 Å². The highest BCUT2D eigenvalue weighted by atomic mass is 16.7. The summed E-state index contributed by atoms with van der Waals surface area (Å²) in [6.07, 6.45) is -3.73. The van der Waals surface area contributed by atoms with Crippen molar-refractivity contribution in [2.24, 2.45) is 0 Å². The van der Waals surface area contributed by atoms with Gasteiger partial charge in [0, 0.05) is 18.6 Å². The number of aromatic carboxylic acids is 2. The Morgan fingerprint density at radius 1 is 0.460 bits per heavy atom. The summed E-state index contributed by atoms with van der Waals surface area (Å²) in [6, 6.07) is 32.5. The van der Waals surface area contributed by atoms with Crippen molar-refractivity contribution in [3.05, 3.63) is 191 Å². The summed E-state index contributed by atoms with van der Waals surface area (Å²) >= 11 is 0. The van der Waals surface area contributed by atoms with Gasteiger partial charge >= 0.3 is 47.8 Å². The number of ether oxygens (including phenoxy) is 15. The van der Waals surface area contributed by atoms with E-state index in [1.54, 1.807) is 79.7 Å². The summed E-state index contributed by atoms with van der Waals surface area (Å²) in [7, 11) is 0. The number of rotatable bonds is 23. The van der Waals surface area contributed by atoms with E-state index in [1.807, 2.05) is 6.07 Å². The Bertz CT molecular complexity index is 3630. The molecule has 5 aromatic carbocycles. The van der Waals surface area contributed by atoms with Crippen LogP contribution in [0, 0.1) is 17.9 Å². The predicted octanol–water partition coefficient (Wildman–Crippen LogP) is 4.85. The van der Waals surface area contributed by atoms with Gasteiger partial charge in [-0.05, 0) is 97.1 Å². The van der Waals surface area contributed by atoms with Gasteiger partial charge in [-0.2, -0.15) is 5.26 Å². The molecule has 11 rings (SSSR count). The Labute approximate surface area is 572 Å². The molecule has 5 N–H and O–H groups in total. The molecule has 0 unspecified atom stereocenters. The fourth-order valence-electron chi connectivity index (χ4n) is 9.82. The monoisotopic (exact) mass is 1390 g/mol. The van der Waals surface area contributed by atoms with E-state index in [9.17, 15) is 43.5 Å². The van der Waals surface area contributed by atoms with Gasteiger partial charge in [-0.15, -0.1) is 0 Å². The third kappa shape index (κ3) is 23.0. The number of hydrogen-bond acceptors (Lipinski definition) is 27. The van der Waals surface area contributed by atoms with Crippen molar-refractivity contribution in [2.75, 3.05) is 79.3 Å². The number of carboxylic acids is 2. The molecule has 0 radical (unpaired) electrons. The molecular formula is C70H72N2O28. The number of hydrogen-bond donors (Lipinski definition) is 5. The van der Waals surface area contributed by atoms with Gasteiger partial charge in [0.15, 0.2) is 24.0 Å². The molecule has 0 spiro atoms. The predicted molar refractivity (Wildman–Crippen MR) is 341 cm³/mol. The zero-order valence-electron chi connectivity index (χ0n) is 53.8. The first-order valence-corrected chi connectivity index (χ1v) is 31.0. The molecule has 6 heterocycles. The molecule has 5 aromatic rings. The SMILES string of the molecule is C=CC(=O)OCCOc1ccc(C(=O)O[C@H]2CO[C@H]3[C@@H]2OC[C@H]3O)cc1.CCC(=O)OCCOc1ccc(C(=O)O)cc1.N#Cc1ccc(C(=O)O)cc1.O[C@@H]1CO[C@H]2[C@@H]1OC[C@@H]2O.[C-]#[N+]c1ccc(C(=O)O[C@@H]2CO[C@H]3[C@@H]2OC[C@@H]3OC(=O)c2ccc(OCCOC(=O)C=C)cc2)cc1. The summed E-state index contributed by atoms with van der Waals surface area (Å²) in [5, 5.41) is 53.5. The van der Waals surface area contributed by atoms with Gasteiger partial charge in [-0.3, -0.25) is 4.79 Å². The smallest absolute Gasteiger partial charge is 0.338 e. The second kappa shape index (κ2) is 39.1. The van der Waals surface area contributed by atoms with E-state index in [2.05, 4.69) is 18.0 Å². The number of carbonyl (C=O) groups is 8. The number of nitriles is 1. The van der Waals surface area contributed by atoms with Gasteiger partial charge in [0.25, 0.3) is 0 Å². The topological polar surface area (TPSA) is 404 Å². The fourth-order valence-corrected chi connectivity index (χ4v) is 9.82. The number of carboxylic acid groups (broad SMARTS) is 2. The quantitative estimate of drug-likeness (QED) is 0.0192. The lowest BCUT2D eigenvalue weighted by molar-refractivity contribution is -0.144. The number of aliphatic hydroxyl groups is 3. The molecule has 6 aliphatic rings. The van der Waals surface area contributed by atoms with E-state index >= 15 is 0 Å². The summed E-state index contributed by atoms with van der Waals surface area (Å²) in [5.74, 6) is -3.30. The van der Waals surface area contributed by atoms with Crippen LogP contribution in [0.4, 0.5) is 5.69 Å². The standard InChI is InChI=1S/C26H23NO9.C18H20O8.C12H14O5.C8H5NO2.C6H10O4/c1-3-22(28)32-13-12-31-19-10-6-17(7-11-19)26(30)36-21-15-34-23-20(14-33-24(21)23)35-25(29)16-4-8-18(27-2)9-5-16;1-2-15(20)23-8-7-22-12-5-3-11(4-6-12)18(21)26-14-10-25-16-13(19)9-24-17(14)16;1-2-11(13)17-8-7-16-10-5-3-9(4-6-10)12(14)15;9-5-6-1-3-7(4-2-6)8(10)11;7-3-1-9-6-4(8)2-10-5(3)6/h3-11,20-21,23-24H,1,12-15H2;2-6,13-14,16-17,19H,1,7-10H2;3-6H,2,7-8H2,1H3,(H,14,15);1-4H,(H,10,11);3-8H,1-2H2/t20-,21+,23-,24-;13-,14+,16-,17-;;;3-,4+,5-,6-/m11..1/s1. The molecule has 6 aliphatic heterocycles. The molecule has 30 nitrogen and oxygen atoms in total. The van der Waals surface area contributed by atoms with Crippen LogP contribution in [0.5, 0.6) is 17.2 Å². The Balaban J connectivity index is 0.000000191. The Morgan fingerprint density at radius 3 is 1.10 bits per heavy atom. The molecule has 0 aromatic heterocycles. The van der Waals surface area contributed by atoms with Gasteiger partial charge in [0.1, 0.15) is 112 Å². The number of esters is 6. The molecule has 0 saturated carbocycles. The average molecular weight is 1390 g/mol. The van der Waals surface area contributed by atoms with Crippen molar-refractivity contribution in [1.82, 2.24) is 0 Å². The molecule has 0 aliphatic carbocycles. The van der Waals surface area contributed by atoms with Crippen LogP contribution in [0.2, 0.25) is 0 Å². The second-order valence-corrected chi connectivity index (χ2v) is 21.7. The first kappa shape index (κ1) is 76.7. The highest BCUT2D eigenvalue weighted by molar-refractivity contribution is 5.91. The minimum atomic E-state index is -0.978. The third-order valence-corrected chi connectivity index (χ3v) is 14.9. The van der Waals surface area contributed by atoms with Crippen LogP contribution < -0.4 is 14.2 Å². The van der Waals surface area contributed by atoms with Crippen molar-refractivity contribution in [2.45, 2.75) is 86.6 Å². The van der Waals surface area contributed by atoms with E-state index in [0.29, 0.717) is 51.6 Å². The summed E-state index contributed by atoms with van der Waals surface area (Å²) in [6.45, 7) is 17.4. The zero-order chi connectivity index (χ0) is 72.1. The van der Waals surface area contributed by atoms with E-state index in [0.717, 1.165) is 12.2 Å². The number of carbonyl (C=O) groups excluding carboxylic acids is 6. The van der Waals surface area contributed by atoms with E-state index < -0.39 is 103 Å². The molecule has 6 saturated heterocycles. The lowest BCUT2D eigenvalue weighted by Crippen LogP contribution is -2.36. The Kier molecular flexibility index (Phi) is 30.0. The lowest BCUT2D eigenvalue weighted by atomic mass is 10.1. The number of nitrogens with zero attached hydrogens (tertiary/aromatic N) is 2. The van der Waals surface area contributed by atoms with E-state index in [4.69, 9.17) is 103 Å². The van der Waals surface area contributed by atoms with Gasteiger partial charge in [-0.1, -0.05) is 44.3 Å². The van der Waals surface area contributed by atoms with Crippen molar-refractivity contribution in [3.63, 3.8) is 0 Å². The Hall–Kier alpha value is -10.6. The highest BCUT2D eigenvalue weighted by Gasteiger charge is 2.52. The van der Waals surface area contributed by atoms with Crippen molar-refractivity contribution in [1.29, 1.82) is 5.26 Å². The fraction of sp³-hybridized carbons (Fsp3) is 0.371. The van der Waals surface area contributed by atoms with Gasteiger partial charge in [0.05, 0.1) is 85.7 Å². The van der Waals surface area contributed by atoms with Crippen molar-refractivity contribution in [3.8, 4) is 23.3 Å². The van der Waals surface area contributed by atoms with Crippen LogP contribution in [-0.2, 0) is 71.2 Å². The van der Waals surface area contributed by atoms with Crippen LogP contribution in [0.15, 0.2) is 147 Å². The number of aliphatic hydroxyl groups excluding tert-OH is 3. The molecule has 30 heteroatoms. The molecule has 6 fully saturated rings. The van der Waals surface area contributed by atoms with Crippen LogP contribution >= 0.6 is 0 Å². The maximum absolute atomic E-state index is 12.6. The maximum atomic E-state index is 12.6. The van der Waals surface area contributed by atoms with Crippen LogP contribution in [0.3, 0.4) is 0 Å². The van der Waals surface area contributed by atoms with Crippen molar-refractivity contribution >= 4 is 53.4 Å². The second-order valence-electron chi connectivity index (χ2n) is 21.7. The minimum absolute atomic E-state index is 0.0731. The highest BCUT2D eigenvalue weighted by Crippen LogP contribution is 2.33. The molecule has 0 amide bonds. The number of fused-ring (bicyclic) bond motifs is 3. The average Bonchev–Trinajstić information content (AvgIpc) is 1.66. The third-order valence-electron chi connectivity index (χ3n) is 14.9. The molecule has 100 heavy (non-hydrogen) atoms. The minimum Gasteiger partial charge on any atom is -0.490 e. The zero-order valence-corrected chi connectivity index (χ0v) is 53.8. The first-order valence-electron chi connectivity index (χ1n) is 31.0. The van der Waals surface area contributed by atoms with E-state index in [1.165, 1.54) is 48.5 Å². The first-order chi connectivity index (χ1) is 48.2. The van der Waals surface area contributed by atoms with Crippen LogP contribution in [0.25, 0.3) is 4.85 Å². The van der Waals surface area contributed by atoms with Gasteiger partial charge in [0.2, 0.25) is 0 Å². The summed E-state index contributed by atoms with van der Waals surface area (Å²) in [5.41, 5.74) is 2.28. The molecule has 0 bridgehead atoms. The van der Waals surface area contributed by atoms with Crippen LogP contribution in [-0.4, -0.2) is 226 Å². The Morgan fingerprint density at radius 2 is 0.760 bits per heavy atom. The number of benzene rings is 5.